The van der Waals surface area contributed by atoms with E-state index < -0.39 is 0 Å². The number of likely N-dealkylation sites (tertiary alicyclic amines) is 1. The number of nitriles is 1. The highest BCUT2D eigenvalue weighted by Crippen LogP contribution is 2.36. The Morgan fingerprint density at radius 1 is 1.29 bits per heavy atom. The molecule has 1 saturated heterocycles. The van der Waals surface area contributed by atoms with E-state index in [-0.39, 0.29) is 11.9 Å². The molecule has 3 heterocycles. The van der Waals surface area contributed by atoms with E-state index in [0.29, 0.717) is 13.1 Å². The van der Waals surface area contributed by atoms with Crippen LogP contribution < -0.4 is 4.90 Å². The molecule has 0 unspecified atom stereocenters. The van der Waals surface area contributed by atoms with Crippen molar-refractivity contribution in [3.8, 4) is 17.5 Å². The summed E-state index contributed by atoms with van der Waals surface area (Å²) in [6.45, 7) is 1.33. The van der Waals surface area contributed by atoms with Gasteiger partial charge in [-0.3, -0.25) is 9.69 Å². The van der Waals surface area contributed by atoms with Crippen LogP contribution in [0.25, 0.3) is 11.3 Å². The van der Waals surface area contributed by atoms with E-state index in [1.54, 1.807) is 11.1 Å². The molecule has 0 radical (unpaired) electrons. The Morgan fingerprint density at radius 2 is 2.21 bits per heavy atom. The van der Waals surface area contributed by atoms with Crippen LogP contribution in [0, 0.1) is 11.5 Å². The van der Waals surface area contributed by atoms with Crippen molar-refractivity contribution in [3.63, 3.8) is 0 Å². The number of carbonyl (C=O) groups excluding carboxylic acids is 1. The van der Waals surface area contributed by atoms with Crippen LogP contribution in [-0.4, -0.2) is 39.9 Å². The number of hydrogen-bond acceptors (Lipinski definition) is 5. The summed E-state index contributed by atoms with van der Waals surface area (Å²) >= 11 is 0. The lowest BCUT2D eigenvalue weighted by molar-refractivity contribution is -0.121. The highest BCUT2D eigenvalue weighted by molar-refractivity contribution is 6.00. The Kier molecular flexibility index (Phi) is 3.62. The molecule has 0 N–H and O–H groups in total. The maximum Gasteiger partial charge on any atom is 0.250 e. The zero-order valence-electron chi connectivity index (χ0n) is 13.2. The molecule has 2 aliphatic rings. The fourth-order valence-electron chi connectivity index (χ4n) is 3.68. The molecular formula is C18H17N5O. The van der Waals surface area contributed by atoms with Crippen LogP contribution >= 0.6 is 0 Å². The number of rotatable bonds is 2. The normalized spacial score (nSPS) is 19.2. The zero-order valence-corrected chi connectivity index (χ0v) is 13.2. The predicted octanol–water partition coefficient (Wildman–Crippen LogP) is 1.98. The summed E-state index contributed by atoms with van der Waals surface area (Å²) in [5.74, 6) is 0.0348. The van der Waals surface area contributed by atoms with Gasteiger partial charge in [-0.15, -0.1) is 0 Å². The Hall–Kier alpha value is -2.94. The van der Waals surface area contributed by atoms with E-state index in [1.165, 1.54) is 6.33 Å². The third-order valence-electron chi connectivity index (χ3n) is 4.82. The van der Waals surface area contributed by atoms with Crippen LogP contribution in [0.2, 0.25) is 0 Å². The van der Waals surface area contributed by atoms with Gasteiger partial charge in [0.05, 0.1) is 5.69 Å². The summed E-state index contributed by atoms with van der Waals surface area (Å²) in [4.78, 5) is 24.7. The van der Waals surface area contributed by atoms with E-state index in [9.17, 15) is 10.1 Å². The second kappa shape index (κ2) is 5.93. The Bertz CT molecular complexity index is 814. The molecule has 4 rings (SSSR count). The van der Waals surface area contributed by atoms with Crippen molar-refractivity contribution in [1.29, 1.82) is 5.26 Å². The third kappa shape index (κ3) is 2.29. The summed E-state index contributed by atoms with van der Waals surface area (Å²) in [6.07, 6.45) is 7.87. The van der Waals surface area contributed by atoms with Crippen molar-refractivity contribution in [3.05, 3.63) is 42.4 Å². The number of aromatic nitrogens is 2. The highest BCUT2D eigenvalue weighted by Gasteiger charge is 2.36. The number of hydrogen-bond donors (Lipinski definition) is 0. The molecule has 0 bridgehead atoms. The molecule has 1 atom stereocenters. The minimum absolute atomic E-state index is 0.0348. The van der Waals surface area contributed by atoms with Gasteiger partial charge in [-0.2, -0.15) is 5.26 Å². The Balaban J connectivity index is 1.68. The van der Waals surface area contributed by atoms with Crippen LogP contribution in [0.3, 0.4) is 0 Å². The average Bonchev–Trinajstić information content (AvgIpc) is 3.28. The summed E-state index contributed by atoms with van der Waals surface area (Å²) in [5, 5.41) is 9.21. The summed E-state index contributed by atoms with van der Waals surface area (Å²) in [6, 6.07) is 7.54. The van der Waals surface area contributed by atoms with Crippen molar-refractivity contribution in [1.82, 2.24) is 14.9 Å². The first-order valence-electron chi connectivity index (χ1n) is 8.15. The smallest absolute Gasteiger partial charge is 0.250 e. The van der Waals surface area contributed by atoms with Gasteiger partial charge in [-0.1, -0.05) is 12.1 Å². The number of benzene rings is 1. The lowest BCUT2D eigenvalue weighted by atomic mass is 10.0. The van der Waals surface area contributed by atoms with E-state index in [4.69, 9.17) is 0 Å². The van der Waals surface area contributed by atoms with E-state index in [2.05, 4.69) is 16.2 Å². The van der Waals surface area contributed by atoms with Crippen molar-refractivity contribution >= 4 is 11.6 Å². The predicted molar refractivity (Wildman–Crippen MR) is 88.9 cm³/mol. The second-order valence-electron chi connectivity index (χ2n) is 6.09. The number of carbonyl (C=O) groups is 1. The van der Waals surface area contributed by atoms with E-state index in [0.717, 1.165) is 41.8 Å². The Morgan fingerprint density at radius 3 is 3.00 bits per heavy atom. The summed E-state index contributed by atoms with van der Waals surface area (Å²) in [5.41, 5.74) is 4.01. The van der Waals surface area contributed by atoms with E-state index in [1.807, 2.05) is 29.2 Å². The van der Waals surface area contributed by atoms with Crippen molar-refractivity contribution < 1.29 is 4.79 Å². The van der Waals surface area contributed by atoms with Gasteiger partial charge >= 0.3 is 0 Å². The van der Waals surface area contributed by atoms with Gasteiger partial charge < -0.3 is 4.90 Å². The van der Waals surface area contributed by atoms with Gasteiger partial charge in [-0.05, 0) is 37.0 Å². The van der Waals surface area contributed by atoms with Gasteiger partial charge in [-0.25, -0.2) is 9.97 Å². The molecule has 0 aliphatic carbocycles. The summed E-state index contributed by atoms with van der Waals surface area (Å²) in [7, 11) is 0. The first kappa shape index (κ1) is 14.6. The average molecular weight is 319 g/mol. The van der Waals surface area contributed by atoms with Gasteiger partial charge in [0.1, 0.15) is 12.4 Å². The molecule has 24 heavy (non-hydrogen) atoms. The molecule has 0 saturated carbocycles. The van der Waals surface area contributed by atoms with Gasteiger partial charge in [0.2, 0.25) is 5.91 Å². The fourth-order valence-corrected chi connectivity index (χ4v) is 3.68. The molecule has 120 valence electrons. The van der Waals surface area contributed by atoms with Gasteiger partial charge in [0.25, 0.3) is 0 Å². The third-order valence-corrected chi connectivity index (χ3v) is 4.82. The molecule has 2 aliphatic heterocycles. The number of anilines is 1. The van der Waals surface area contributed by atoms with Crippen molar-refractivity contribution in [2.45, 2.75) is 25.3 Å². The van der Waals surface area contributed by atoms with Crippen LogP contribution in [0.5, 0.6) is 0 Å². The van der Waals surface area contributed by atoms with Crippen LogP contribution in [0.15, 0.2) is 36.8 Å². The molecule has 6 heteroatoms. The topological polar surface area (TPSA) is 73.1 Å². The van der Waals surface area contributed by atoms with Crippen LogP contribution in [0.4, 0.5) is 5.69 Å². The second-order valence-corrected chi connectivity index (χ2v) is 6.09. The Labute approximate surface area is 140 Å². The maximum absolute atomic E-state index is 12.9. The lowest BCUT2D eigenvalue weighted by Crippen LogP contribution is -2.43. The lowest BCUT2D eigenvalue weighted by Gasteiger charge is -2.24. The monoisotopic (exact) mass is 319 g/mol. The first-order valence-corrected chi connectivity index (χ1v) is 8.15. The zero-order chi connectivity index (χ0) is 16.5. The summed E-state index contributed by atoms with van der Waals surface area (Å²) < 4.78 is 0. The molecule has 0 spiro atoms. The molecule has 2 aromatic rings. The quantitative estimate of drug-likeness (QED) is 0.791. The van der Waals surface area contributed by atoms with Crippen LogP contribution in [0.1, 0.15) is 18.4 Å². The molecule has 6 nitrogen and oxygen atoms in total. The molecule has 1 aromatic carbocycles. The maximum atomic E-state index is 12.9. The molecular weight excluding hydrogens is 302 g/mol. The number of fused-ring (bicyclic) bond motifs is 1. The number of amides is 1. The largest absolute Gasteiger partial charge is 0.310 e. The molecule has 1 fully saturated rings. The number of nitrogens with zero attached hydrogens (tertiary/aromatic N) is 5. The van der Waals surface area contributed by atoms with Gasteiger partial charge in [0, 0.05) is 30.5 Å². The fraction of sp³-hybridized carbons (Fsp3) is 0.333. The highest BCUT2D eigenvalue weighted by atomic mass is 16.2. The van der Waals surface area contributed by atoms with E-state index >= 15 is 0 Å². The van der Waals surface area contributed by atoms with Crippen molar-refractivity contribution in [2.24, 2.45) is 0 Å². The SMILES string of the molecule is N#CN1CCC[C@H]1C(=O)N1CCc2c(-c3ccncn3)cccc21. The van der Waals surface area contributed by atoms with Gasteiger partial charge in [0.15, 0.2) is 6.19 Å². The van der Waals surface area contributed by atoms with Crippen LogP contribution in [-0.2, 0) is 11.2 Å². The first-order chi connectivity index (χ1) is 11.8. The van der Waals surface area contributed by atoms with Crippen molar-refractivity contribution in [2.75, 3.05) is 18.0 Å². The molecule has 1 aromatic heterocycles. The molecule has 1 amide bonds. The minimum atomic E-state index is -0.316. The minimum Gasteiger partial charge on any atom is -0.310 e. The standard InChI is InChI=1S/C18H17N5O/c19-11-22-9-2-5-17(22)18(24)23-10-7-14-13(3-1-4-16(14)23)15-6-8-20-12-21-15/h1,3-4,6,8,12,17H,2,5,7,9-10H2/t17-/m0/s1.